The molecule has 0 aliphatic rings. The molecule has 1 rings (SSSR count). The Morgan fingerprint density at radius 2 is 2.22 bits per heavy atom. The molecule has 0 saturated heterocycles. The number of aromatic nitrogens is 2. The van der Waals surface area contributed by atoms with E-state index < -0.39 is 24.7 Å². The number of ether oxygens (including phenoxy) is 1. The molecule has 0 atom stereocenters. The van der Waals surface area contributed by atoms with E-state index in [-0.39, 0.29) is 0 Å². The minimum absolute atomic E-state index is 0.358. The Hall–Kier alpha value is -1.19. The lowest BCUT2D eigenvalue weighted by Gasteiger charge is -1.97. The molecule has 1 aromatic rings. The molecular formula is C8H12ClN3O5S. The molecule has 0 radical (unpaired) electrons. The minimum atomic E-state index is -4.17. The first-order chi connectivity index (χ1) is 8.36. The number of rotatable bonds is 7. The number of hydrogen-bond acceptors (Lipinski definition) is 6. The molecule has 102 valence electrons. The number of methoxy groups -OCH3 is 1. The van der Waals surface area contributed by atoms with Gasteiger partial charge in [-0.25, -0.2) is 8.42 Å². The molecule has 10 heteroatoms. The van der Waals surface area contributed by atoms with Crippen molar-refractivity contribution in [2.75, 3.05) is 13.7 Å². The molecule has 0 spiro atoms. The fraction of sp³-hybridized carbons (Fsp3) is 0.625. The van der Waals surface area contributed by atoms with Crippen molar-refractivity contribution in [3.05, 3.63) is 16.3 Å². The van der Waals surface area contributed by atoms with E-state index in [9.17, 15) is 18.5 Å². The lowest BCUT2D eigenvalue weighted by Crippen LogP contribution is -2.01. The number of aryl methyl sites for hydroxylation is 1. The smallest absolute Gasteiger partial charge is 0.385 e. The Morgan fingerprint density at radius 1 is 1.56 bits per heavy atom. The van der Waals surface area contributed by atoms with E-state index in [2.05, 4.69) is 5.10 Å². The molecule has 18 heavy (non-hydrogen) atoms. The van der Waals surface area contributed by atoms with E-state index in [1.807, 2.05) is 0 Å². The molecule has 0 N–H and O–H groups in total. The van der Waals surface area contributed by atoms with Crippen molar-refractivity contribution in [3.8, 4) is 0 Å². The summed E-state index contributed by atoms with van der Waals surface area (Å²) >= 11 is 0. The monoisotopic (exact) mass is 297 g/mol. The number of halogens is 1. The molecule has 0 unspecified atom stereocenters. The predicted octanol–water partition coefficient (Wildman–Crippen LogP) is 1.15. The van der Waals surface area contributed by atoms with Crippen LogP contribution >= 0.6 is 10.7 Å². The van der Waals surface area contributed by atoms with Crippen molar-refractivity contribution in [1.82, 2.24) is 9.78 Å². The Bertz CT molecular complexity index is 527. The largest absolute Gasteiger partial charge is 0.410 e. The van der Waals surface area contributed by atoms with Crippen LogP contribution in [0.3, 0.4) is 0 Å². The second kappa shape index (κ2) is 6.12. The van der Waals surface area contributed by atoms with Crippen LogP contribution in [0.25, 0.3) is 0 Å². The molecule has 8 nitrogen and oxygen atoms in total. The van der Waals surface area contributed by atoms with Crippen LogP contribution in [0.2, 0.25) is 0 Å². The maximum absolute atomic E-state index is 11.1. The van der Waals surface area contributed by atoms with Gasteiger partial charge in [-0.05, 0) is 17.8 Å². The van der Waals surface area contributed by atoms with Gasteiger partial charge < -0.3 is 14.9 Å². The van der Waals surface area contributed by atoms with Gasteiger partial charge in [0.15, 0.2) is 0 Å². The zero-order valence-electron chi connectivity index (χ0n) is 9.57. The van der Waals surface area contributed by atoms with Gasteiger partial charge in [0.05, 0.1) is 17.8 Å². The topological polar surface area (TPSA) is 104 Å². The molecule has 1 aromatic heterocycles. The first-order valence-electron chi connectivity index (χ1n) is 5.01. The summed E-state index contributed by atoms with van der Waals surface area (Å²) in [6.45, 7) is 0.917. The number of nitrogens with zero attached hydrogens (tertiary/aromatic N) is 3. The summed E-state index contributed by atoms with van der Waals surface area (Å²) in [5, 5.41) is 14.2. The van der Waals surface area contributed by atoms with Crippen molar-refractivity contribution in [2.24, 2.45) is 0 Å². The highest BCUT2D eigenvalue weighted by Crippen LogP contribution is 2.25. The van der Waals surface area contributed by atoms with Gasteiger partial charge >= 0.3 is 5.82 Å². The van der Waals surface area contributed by atoms with Crippen molar-refractivity contribution >= 4 is 25.6 Å². The van der Waals surface area contributed by atoms with Gasteiger partial charge in [0.25, 0.3) is 9.05 Å². The van der Waals surface area contributed by atoms with Crippen LogP contribution in [0.1, 0.15) is 12.8 Å². The third-order valence-corrected chi connectivity index (χ3v) is 3.44. The highest BCUT2D eigenvalue weighted by atomic mass is 35.7. The average Bonchev–Trinajstić information content (AvgIpc) is 2.68. The second-order valence-corrected chi connectivity index (χ2v) is 6.01. The number of nitro groups is 1. The summed E-state index contributed by atoms with van der Waals surface area (Å²) in [5.41, 5.74) is 0. The third kappa shape index (κ3) is 3.93. The lowest BCUT2D eigenvalue weighted by molar-refractivity contribution is -0.392. The maximum atomic E-state index is 11.1. The fourth-order valence-electron chi connectivity index (χ4n) is 1.33. The normalized spacial score (nSPS) is 11.7. The van der Waals surface area contributed by atoms with Crippen molar-refractivity contribution in [1.29, 1.82) is 0 Å². The van der Waals surface area contributed by atoms with E-state index in [1.54, 1.807) is 7.11 Å². The van der Waals surface area contributed by atoms with Gasteiger partial charge in [0.1, 0.15) is 0 Å². The van der Waals surface area contributed by atoms with Crippen LogP contribution in [-0.2, 0) is 20.3 Å². The van der Waals surface area contributed by atoms with Gasteiger partial charge in [-0.3, -0.25) is 0 Å². The summed E-state index contributed by atoms with van der Waals surface area (Å²) in [5.74, 6) is -0.753. The molecule has 0 amide bonds. The van der Waals surface area contributed by atoms with E-state index in [0.717, 1.165) is 12.6 Å². The predicted molar refractivity (Wildman–Crippen MR) is 63.0 cm³/mol. The Balaban J connectivity index is 2.87. The Morgan fingerprint density at radius 3 is 2.67 bits per heavy atom. The van der Waals surface area contributed by atoms with Gasteiger partial charge in [0.2, 0.25) is 4.90 Å². The lowest BCUT2D eigenvalue weighted by atomic mass is 10.3. The number of unbranched alkanes of at least 4 members (excludes halogenated alkanes) is 1. The molecular weight excluding hydrogens is 286 g/mol. The summed E-state index contributed by atoms with van der Waals surface area (Å²) in [6, 6.07) is 0. The van der Waals surface area contributed by atoms with Gasteiger partial charge in [-0.15, -0.1) is 0 Å². The summed E-state index contributed by atoms with van der Waals surface area (Å²) in [6.07, 6.45) is 2.47. The molecule has 0 bridgehead atoms. The molecule has 0 fully saturated rings. The van der Waals surface area contributed by atoms with Gasteiger partial charge in [-0.1, -0.05) is 0 Å². The molecule has 0 aliphatic heterocycles. The zero-order valence-corrected chi connectivity index (χ0v) is 11.1. The third-order valence-electron chi connectivity index (χ3n) is 2.13. The zero-order chi connectivity index (χ0) is 13.8. The summed E-state index contributed by atoms with van der Waals surface area (Å²) in [7, 11) is 2.50. The molecule has 0 aromatic carbocycles. The highest BCUT2D eigenvalue weighted by molar-refractivity contribution is 8.13. The van der Waals surface area contributed by atoms with E-state index >= 15 is 0 Å². The molecule has 0 aliphatic carbocycles. The quantitative estimate of drug-likeness (QED) is 0.323. The number of hydrogen-bond donors (Lipinski definition) is 0. The SMILES string of the molecule is COCCCCn1cc(S(=O)(=O)Cl)c([N+](=O)[O-])n1. The van der Waals surface area contributed by atoms with Crippen LogP contribution in [0, 0.1) is 10.1 Å². The fourth-order valence-corrected chi connectivity index (χ4v) is 2.23. The van der Waals surface area contributed by atoms with Crippen LogP contribution in [0.5, 0.6) is 0 Å². The highest BCUT2D eigenvalue weighted by Gasteiger charge is 2.29. The average molecular weight is 298 g/mol. The van der Waals surface area contributed by atoms with E-state index in [4.69, 9.17) is 15.4 Å². The van der Waals surface area contributed by atoms with E-state index in [1.165, 1.54) is 4.68 Å². The maximum Gasteiger partial charge on any atom is 0.410 e. The van der Waals surface area contributed by atoms with Crippen molar-refractivity contribution in [2.45, 2.75) is 24.3 Å². The molecule has 1 heterocycles. The Labute approximate surface area is 108 Å². The van der Waals surface area contributed by atoms with Crippen LogP contribution in [0.4, 0.5) is 5.82 Å². The van der Waals surface area contributed by atoms with E-state index in [0.29, 0.717) is 19.6 Å². The van der Waals surface area contributed by atoms with Gasteiger partial charge in [-0.2, -0.15) is 4.68 Å². The minimum Gasteiger partial charge on any atom is -0.385 e. The van der Waals surface area contributed by atoms with Crippen LogP contribution in [0.15, 0.2) is 11.1 Å². The standard InChI is InChI=1S/C8H12ClN3O5S/c1-17-5-3-2-4-11-6-7(18(9,15)16)8(10-11)12(13)14/h6H,2-5H2,1H3. The molecule has 0 saturated carbocycles. The second-order valence-electron chi connectivity index (χ2n) is 3.47. The van der Waals surface area contributed by atoms with Crippen LogP contribution in [-0.4, -0.2) is 36.8 Å². The summed E-state index contributed by atoms with van der Waals surface area (Å²) in [4.78, 5) is 9.19. The first kappa shape index (κ1) is 14.9. The van der Waals surface area contributed by atoms with Gasteiger partial charge in [0, 0.05) is 24.4 Å². The Kier molecular flexibility index (Phi) is 5.05. The summed E-state index contributed by atoms with van der Waals surface area (Å²) < 4.78 is 28.3. The first-order valence-corrected chi connectivity index (χ1v) is 7.32. The van der Waals surface area contributed by atoms with Crippen molar-refractivity contribution in [3.63, 3.8) is 0 Å². The van der Waals surface area contributed by atoms with Crippen molar-refractivity contribution < 1.29 is 18.1 Å². The van der Waals surface area contributed by atoms with Crippen LogP contribution < -0.4 is 0 Å².